The minimum atomic E-state index is 0.187. The highest BCUT2D eigenvalue weighted by Gasteiger charge is 2.25. The van der Waals surface area contributed by atoms with Crippen LogP contribution in [0.2, 0.25) is 5.02 Å². The Morgan fingerprint density at radius 1 is 1.28 bits per heavy atom. The van der Waals surface area contributed by atoms with Crippen LogP contribution in [0.4, 0.5) is 6.01 Å². The molecule has 4 nitrogen and oxygen atoms in total. The summed E-state index contributed by atoms with van der Waals surface area (Å²) in [7, 11) is 0. The Kier molecular flexibility index (Phi) is 2.92. The number of fused-ring (bicyclic) bond motifs is 1. The Balaban J connectivity index is 1.93. The van der Waals surface area contributed by atoms with Crippen LogP contribution in [0.25, 0.3) is 11.1 Å². The van der Waals surface area contributed by atoms with E-state index in [1.54, 1.807) is 0 Å². The fourth-order valence-corrected chi connectivity index (χ4v) is 2.52. The molecule has 0 amide bonds. The quantitative estimate of drug-likeness (QED) is 0.795. The molecule has 18 heavy (non-hydrogen) atoms. The molecule has 2 atom stereocenters. The van der Waals surface area contributed by atoms with Crippen molar-refractivity contribution in [2.24, 2.45) is 0 Å². The Morgan fingerprint density at radius 3 is 2.72 bits per heavy atom. The highest BCUT2D eigenvalue weighted by Crippen LogP contribution is 2.26. The Morgan fingerprint density at radius 2 is 2.00 bits per heavy atom. The summed E-state index contributed by atoms with van der Waals surface area (Å²) in [6.07, 6.45) is 0.375. The fourth-order valence-electron chi connectivity index (χ4n) is 2.36. The highest BCUT2D eigenvalue weighted by molar-refractivity contribution is 6.31. The molecule has 96 valence electrons. The van der Waals surface area contributed by atoms with Crippen LogP contribution in [0.5, 0.6) is 0 Å². The molecule has 0 aliphatic carbocycles. The maximum absolute atomic E-state index is 5.94. The molecule has 2 aromatic rings. The van der Waals surface area contributed by atoms with E-state index in [4.69, 9.17) is 20.8 Å². The number of rotatable bonds is 1. The molecule has 0 N–H and O–H groups in total. The van der Waals surface area contributed by atoms with Gasteiger partial charge in [0, 0.05) is 18.1 Å². The van der Waals surface area contributed by atoms with Crippen LogP contribution < -0.4 is 4.90 Å². The van der Waals surface area contributed by atoms with Gasteiger partial charge < -0.3 is 14.1 Å². The summed E-state index contributed by atoms with van der Waals surface area (Å²) in [5.41, 5.74) is 1.56. The molecule has 1 aliphatic rings. The van der Waals surface area contributed by atoms with E-state index in [2.05, 4.69) is 23.7 Å². The van der Waals surface area contributed by atoms with Gasteiger partial charge in [-0.25, -0.2) is 0 Å². The van der Waals surface area contributed by atoms with Crippen molar-refractivity contribution in [1.82, 2.24) is 4.98 Å². The molecule has 1 aromatic carbocycles. The summed E-state index contributed by atoms with van der Waals surface area (Å²) in [5, 5.41) is 0.672. The summed E-state index contributed by atoms with van der Waals surface area (Å²) in [4.78, 5) is 6.60. The van der Waals surface area contributed by atoms with E-state index in [0.717, 1.165) is 24.2 Å². The summed E-state index contributed by atoms with van der Waals surface area (Å²) in [6.45, 7) is 5.71. The van der Waals surface area contributed by atoms with Gasteiger partial charge in [-0.1, -0.05) is 11.6 Å². The van der Waals surface area contributed by atoms with E-state index in [1.165, 1.54) is 0 Å². The van der Waals surface area contributed by atoms with Crippen LogP contribution in [-0.4, -0.2) is 30.3 Å². The molecule has 0 bridgehead atoms. The predicted molar refractivity (Wildman–Crippen MR) is 71.2 cm³/mol. The van der Waals surface area contributed by atoms with E-state index in [1.807, 2.05) is 18.2 Å². The van der Waals surface area contributed by atoms with Gasteiger partial charge in [0.05, 0.1) is 12.2 Å². The van der Waals surface area contributed by atoms with Crippen molar-refractivity contribution >= 4 is 28.7 Å². The maximum atomic E-state index is 5.94. The average molecular weight is 267 g/mol. The first-order chi connectivity index (χ1) is 8.61. The molecule has 2 unspecified atom stereocenters. The summed E-state index contributed by atoms with van der Waals surface area (Å²) < 4.78 is 11.5. The topological polar surface area (TPSA) is 38.5 Å². The predicted octanol–water partition coefficient (Wildman–Crippen LogP) is 3.09. The summed E-state index contributed by atoms with van der Waals surface area (Å²) in [6, 6.07) is 6.12. The summed E-state index contributed by atoms with van der Waals surface area (Å²) in [5.74, 6) is 0. The standard InChI is InChI=1S/C13H15ClN2O2/c1-8-6-16(7-9(2)17-8)13-15-11-5-10(14)3-4-12(11)18-13/h3-5,8-9H,6-7H2,1-2H3. The first-order valence-corrected chi connectivity index (χ1v) is 6.46. The molecule has 0 radical (unpaired) electrons. The fraction of sp³-hybridized carbons (Fsp3) is 0.462. The van der Waals surface area contributed by atoms with E-state index >= 15 is 0 Å². The van der Waals surface area contributed by atoms with Gasteiger partial charge in [0.1, 0.15) is 5.52 Å². The zero-order chi connectivity index (χ0) is 12.7. The van der Waals surface area contributed by atoms with Crippen LogP contribution in [0.3, 0.4) is 0 Å². The number of anilines is 1. The van der Waals surface area contributed by atoms with E-state index in [0.29, 0.717) is 11.0 Å². The van der Waals surface area contributed by atoms with Crippen molar-refractivity contribution in [3.63, 3.8) is 0 Å². The first kappa shape index (κ1) is 11.8. The molecule has 5 heteroatoms. The van der Waals surface area contributed by atoms with Gasteiger partial charge in [-0.2, -0.15) is 4.98 Å². The number of benzene rings is 1. The molecule has 3 rings (SSSR count). The monoisotopic (exact) mass is 266 g/mol. The average Bonchev–Trinajstić information content (AvgIpc) is 2.70. The van der Waals surface area contributed by atoms with Crippen LogP contribution in [-0.2, 0) is 4.74 Å². The van der Waals surface area contributed by atoms with Gasteiger partial charge in [-0.05, 0) is 32.0 Å². The van der Waals surface area contributed by atoms with Gasteiger partial charge in [0.25, 0.3) is 6.01 Å². The van der Waals surface area contributed by atoms with Crippen LogP contribution >= 0.6 is 11.6 Å². The van der Waals surface area contributed by atoms with Crippen LogP contribution in [0, 0.1) is 0 Å². The third-order valence-corrected chi connectivity index (χ3v) is 3.26. The van der Waals surface area contributed by atoms with E-state index in [9.17, 15) is 0 Å². The van der Waals surface area contributed by atoms with Gasteiger partial charge in [0.15, 0.2) is 5.58 Å². The minimum Gasteiger partial charge on any atom is -0.423 e. The number of morpholine rings is 1. The number of hydrogen-bond donors (Lipinski definition) is 0. The second-order valence-corrected chi connectivity index (χ2v) is 5.21. The number of halogens is 1. The van der Waals surface area contributed by atoms with Crippen LogP contribution in [0.1, 0.15) is 13.8 Å². The van der Waals surface area contributed by atoms with E-state index in [-0.39, 0.29) is 12.2 Å². The number of aromatic nitrogens is 1. The van der Waals surface area contributed by atoms with Crippen LogP contribution in [0.15, 0.2) is 22.6 Å². The lowest BCUT2D eigenvalue weighted by molar-refractivity contribution is -0.00662. The molecule has 2 heterocycles. The largest absolute Gasteiger partial charge is 0.423 e. The van der Waals surface area contributed by atoms with Crippen molar-refractivity contribution in [2.75, 3.05) is 18.0 Å². The molecule has 0 saturated carbocycles. The minimum absolute atomic E-state index is 0.187. The second-order valence-electron chi connectivity index (χ2n) is 4.77. The number of hydrogen-bond acceptors (Lipinski definition) is 4. The third-order valence-electron chi connectivity index (χ3n) is 3.03. The highest BCUT2D eigenvalue weighted by atomic mass is 35.5. The molecule has 0 spiro atoms. The van der Waals surface area contributed by atoms with E-state index < -0.39 is 0 Å². The lowest BCUT2D eigenvalue weighted by Gasteiger charge is -2.34. The van der Waals surface area contributed by atoms with Crippen molar-refractivity contribution in [3.8, 4) is 0 Å². The Hall–Kier alpha value is -1.26. The first-order valence-electron chi connectivity index (χ1n) is 6.08. The van der Waals surface area contributed by atoms with Crippen molar-refractivity contribution in [3.05, 3.63) is 23.2 Å². The Bertz CT molecular complexity index is 559. The molecular formula is C13H15ClN2O2. The molecule has 1 aromatic heterocycles. The molecule has 1 fully saturated rings. The molecule has 1 aliphatic heterocycles. The maximum Gasteiger partial charge on any atom is 0.298 e. The summed E-state index contributed by atoms with van der Waals surface area (Å²) >= 11 is 5.94. The molecular weight excluding hydrogens is 252 g/mol. The molecule has 1 saturated heterocycles. The van der Waals surface area contributed by atoms with Crippen molar-refractivity contribution in [1.29, 1.82) is 0 Å². The van der Waals surface area contributed by atoms with Gasteiger partial charge in [-0.15, -0.1) is 0 Å². The lowest BCUT2D eigenvalue weighted by atomic mass is 10.2. The zero-order valence-electron chi connectivity index (χ0n) is 10.4. The van der Waals surface area contributed by atoms with Gasteiger partial charge in [0.2, 0.25) is 0 Å². The number of oxazole rings is 1. The Labute approximate surface area is 110 Å². The van der Waals surface area contributed by atoms with Crippen molar-refractivity contribution < 1.29 is 9.15 Å². The normalized spacial score (nSPS) is 24.7. The second kappa shape index (κ2) is 4.44. The lowest BCUT2D eigenvalue weighted by Crippen LogP contribution is -2.45. The van der Waals surface area contributed by atoms with Crippen molar-refractivity contribution in [2.45, 2.75) is 26.1 Å². The number of nitrogens with zero attached hydrogens (tertiary/aromatic N) is 2. The zero-order valence-corrected chi connectivity index (χ0v) is 11.1. The number of ether oxygens (including phenoxy) is 1. The van der Waals surface area contributed by atoms with Gasteiger partial charge >= 0.3 is 0 Å². The SMILES string of the molecule is CC1CN(c2nc3cc(Cl)ccc3o2)CC(C)O1. The third kappa shape index (κ3) is 2.18. The van der Waals surface area contributed by atoms with Gasteiger partial charge in [-0.3, -0.25) is 0 Å². The smallest absolute Gasteiger partial charge is 0.298 e.